The zero-order valence-corrected chi connectivity index (χ0v) is 14.9. The summed E-state index contributed by atoms with van der Waals surface area (Å²) in [5.74, 6) is 1.07. The highest BCUT2D eigenvalue weighted by Crippen LogP contribution is 2.39. The number of thiophene rings is 1. The first kappa shape index (κ1) is 16.4. The van der Waals surface area contributed by atoms with Crippen LogP contribution < -0.4 is 10.2 Å². The number of nitrogens with one attached hydrogen (secondary N) is 1. The summed E-state index contributed by atoms with van der Waals surface area (Å²) in [6, 6.07) is 3.90. The Hall–Kier alpha value is -1.46. The highest BCUT2D eigenvalue weighted by Gasteiger charge is 2.32. The number of hydrogen-bond donors (Lipinski definition) is 1. The van der Waals surface area contributed by atoms with Crippen molar-refractivity contribution in [1.29, 1.82) is 0 Å². The molecule has 2 unspecified atom stereocenters. The number of allylic oxidation sites excluding steroid dienone is 3. The van der Waals surface area contributed by atoms with Gasteiger partial charge in [-0.15, -0.1) is 22.9 Å². The van der Waals surface area contributed by atoms with Gasteiger partial charge < -0.3 is 15.0 Å². The molecule has 1 aromatic rings. The second kappa shape index (κ2) is 6.97. The molecule has 1 aliphatic carbocycles. The lowest BCUT2D eigenvalue weighted by Crippen LogP contribution is -2.38. The smallest absolute Gasteiger partial charge is 0.261 e. The topological polar surface area (TPSA) is 41.6 Å². The molecule has 0 aromatic carbocycles. The molecule has 1 aliphatic heterocycles. The lowest BCUT2D eigenvalue weighted by atomic mass is 9.95. The molecule has 6 heteroatoms. The molecule has 4 nitrogen and oxygen atoms in total. The Balaban J connectivity index is 1.85. The third kappa shape index (κ3) is 3.26. The van der Waals surface area contributed by atoms with E-state index in [1.807, 2.05) is 31.2 Å². The van der Waals surface area contributed by atoms with Gasteiger partial charge in [-0.1, -0.05) is 19.9 Å². The molecule has 0 bridgehead atoms. The lowest BCUT2D eigenvalue weighted by molar-refractivity contribution is 0.0957. The maximum atomic E-state index is 12.1. The fourth-order valence-electron chi connectivity index (χ4n) is 2.82. The number of carbonyl (C=O) groups excluding carboxylic acids is 1. The summed E-state index contributed by atoms with van der Waals surface area (Å²) in [4.78, 5) is 15.1. The summed E-state index contributed by atoms with van der Waals surface area (Å²) in [6.07, 6.45) is 4.87. The first-order valence-electron chi connectivity index (χ1n) is 7.96. The Labute approximate surface area is 145 Å². The van der Waals surface area contributed by atoms with Gasteiger partial charge in [0, 0.05) is 12.5 Å². The molecule has 0 saturated heterocycles. The fourth-order valence-corrected chi connectivity index (χ4v) is 3.98. The normalized spacial score (nSPS) is 23.5. The number of halogens is 1. The number of anilines is 1. The van der Waals surface area contributed by atoms with Gasteiger partial charge in [-0.05, 0) is 24.6 Å². The molecule has 23 heavy (non-hydrogen) atoms. The van der Waals surface area contributed by atoms with Crippen molar-refractivity contribution in [2.45, 2.75) is 25.6 Å². The fraction of sp³-hybridized carbons (Fsp3) is 0.471. The third-order valence-corrected chi connectivity index (χ3v) is 5.70. The quantitative estimate of drug-likeness (QED) is 0.839. The van der Waals surface area contributed by atoms with E-state index in [9.17, 15) is 4.79 Å². The minimum Gasteiger partial charge on any atom is -0.490 e. The first-order valence-corrected chi connectivity index (χ1v) is 9.22. The van der Waals surface area contributed by atoms with Crippen LogP contribution in [0.4, 0.5) is 5.00 Å². The van der Waals surface area contributed by atoms with Gasteiger partial charge in [0.05, 0.1) is 27.5 Å². The van der Waals surface area contributed by atoms with Crippen LogP contribution in [0, 0.1) is 5.92 Å². The van der Waals surface area contributed by atoms with Gasteiger partial charge in [0.15, 0.2) is 0 Å². The van der Waals surface area contributed by atoms with Crippen LogP contribution in [-0.4, -0.2) is 31.0 Å². The van der Waals surface area contributed by atoms with E-state index in [0.717, 1.165) is 34.3 Å². The van der Waals surface area contributed by atoms with Crippen molar-refractivity contribution in [2.75, 3.05) is 24.6 Å². The summed E-state index contributed by atoms with van der Waals surface area (Å²) in [5, 5.41) is 3.95. The maximum absolute atomic E-state index is 12.1. The predicted molar refractivity (Wildman–Crippen MR) is 95.2 cm³/mol. The van der Waals surface area contributed by atoms with Crippen LogP contribution >= 0.6 is 22.9 Å². The number of carbonyl (C=O) groups is 1. The Morgan fingerprint density at radius 1 is 1.52 bits per heavy atom. The van der Waals surface area contributed by atoms with E-state index in [1.54, 1.807) is 0 Å². The summed E-state index contributed by atoms with van der Waals surface area (Å²) >= 11 is 7.90. The molecule has 2 aliphatic rings. The van der Waals surface area contributed by atoms with Gasteiger partial charge in [0.2, 0.25) is 0 Å². The van der Waals surface area contributed by atoms with E-state index >= 15 is 0 Å². The first-order chi connectivity index (χ1) is 11.1. The number of alkyl halides is 1. The van der Waals surface area contributed by atoms with Gasteiger partial charge >= 0.3 is 0 Å². The standard InChI is InChI=1S/C17H21ClN2O2S/c1-3-8-19-17(21)14-6-7-15(23-14)20-9-10-22-13-5-4-12(18)11(2)16(13)20/h4-7,11-12H,3,8-10H2,1-2H3,(H,19,21). The average molecular weight is 353 g/mol. The highest BCUT2D eigenvalue weighted by atomic mass is 35.5. The van der Waals surface area contributed by atoms with Gasteiger partial charge in [0.25, 0.3) is 5.91 Å². The molecule has 2 atom stereocenters. The number of amides is 1. The van der Waals surface area contributed by atoms with Crippen LogP contribution in [0.1, 0.15) is 29.9 Å². The predicted octanol–water partition coefficient (Wildman–Crippen LogP) is 3.75. The summed E-state index contributed by atoms with van der Waals surface area (Å²) < 4.78 is 5.78. The minimum atomic E-state index is -0.0368. The van der Waals surface area contributed by atoms with E-state index in [-0.39, 0.29) is 17.2 Å². The Kier molecular flexibility index (Phi) is 4.97. The zero-order valence-electron chi connectivity index (χ0n) is 13.3. The Morgan fingerprint density at radius 3 is 3.13 bits per heavy atom. The van der Waals surface area contributed by atoms with Gasteiger partial charge in [0.1, 0.15) is 12.4 Å². The molecule has 1 amide bonds. The van der Waals surface area contributed by atoms with Crippen molar-refractivity contribution in [3.8, 4) is 0 Å². The van der Waals surface area contributed by atoms with Gasteiger partial charge in [-0.2, -0.15) is 0 Å². The maximum Gasteiger partial charge on any atom is 0.261 e. The van der Waals surface area contributed by atoms with E-state index < -0.39 is 0 Å². The SMILES string of the molecule is CCCNC(=O)c1ccc(N2CCOC3=C2C(C)C(Cl)C=C3)s1. The third-order valence-electron chi connectivity index (χ3n) is 4.07. The molecule has 1 aromatic heterocycles. The number of rotatable bonds is 4. The lowest BCUT2D eigenvalue weighted by Gasteiger charge is -2.38. The van der Waals surface area contributed by atoms with Crippen molar-refractivity contribution in [2.24, 2.45) is 5.92 Å². The molecule has 0 radical (unpaired) electrons. The van der Waals surface area contributed by atoms with Crippen LogP contribution in [0.2, 0.25) is 0 Å². The summed E-state index contributed by atoms with van der Waals surface area (Å²) in [5.41, 5.74) is 1.11. The largest absolute Gasteiger partial charge is 0.490 e. The van der Waals surface area contributed by atoms with Crippen LogP contribution in [0.15, 0.2) is 35.7 Å². The van der Waals surface area contributed by atoms with Crippen LogP contribution in [0.25, 0.3) is 0 Å². The van der Waals surface area contributed by atoms with E-state index in [1.165, 1.54) is 11.3 Å². The molecular formula is C17H21ClN2O2S. The van der Waals surface area contributed by atoms with Gasteiger partial charge in [-0.25, -0.2) is 0 Å². The minimum absolute atomic E-state index is 0.00243. The molecule has 1 N–H and O–H groups in total. The molecule has 0 saturated carbocycles. The molecule has 2 heterocycles. The second-order valence-electron chi connectivity index (χ2n) is 5.74. The molecule has 0 spiro atoms. The van der Waals surface area contributed by atoms with E-state index in [2.05, 4.69) is 17.1 Å². The average Bonchev–Trinajstić information content (AvgIpc) is 3.05. The van der Waals surface area contributed by atoms with Crippen molar-refractivity contribution >= 4 is 33.8 Å². The Bertz CT molecular complexity index is 653. The van der Waals surface area contributed by atoms with Gasteiger partial charge in [-0.3, -0.25) is 4.79 Å². The summed E-state index contributed by atoms with van der Waals surface area (Å²) in [6.45, 7) is 6.27. The Morgan fingerprint density at radius 2 is 2.35 bits per heavy atom. The molecule has 124 valence electrons. The van der Waals surface area contributed by atoms with Crippen molar-refractivity contribution in [1.82, 2.24) is 5.32 Å². The highest BCUT2D eigenvalue weighted by molar-refractivity contribution is 7.18. The van der Waals surface area contributed by atoms with Crippen molar-refractivity contribution < 1.29 is 9.53 Å². The molecular weight excluding hydrogens is 332 g/mol. The number of ether oxygens (including phenoxy) is 1. The van der Waals surface area contributed by atoms with Crippen molar-refractivity contribution in [3.05, 3.63) is 40.6 Å². The van der Waals surface area contributed by atoms with E-state index in [4.69, 9.17) is 16.3 Å². The number of hydrogen-bond acceptors (Lipinski definition) is 4. The monoisotopic (exact) mass is 352 g/mol. The number of nitrogens with zero attached hydrogens (tertiary/aromatic N) is 1. The van der Waals surface area contributed by atoms with Crippen LogP contribution in [-0.2, 0) is 4.74 Å². The van der Waals surface area contributed by atoms with Crippen LogP contribution in [0.5, 0.6) is 0 Å². The zero-order chi connectivity index (χ0) is 16.4. The second-order valence-corrected chi connectivity index (χ2v) is 7.30. The summed E-state index contributed by atoms with van der Waals surface area (Å²) in [7, 11) is 0. The van der Waals surface area contributed by atoms with Crippen molar-refractivity contribution in [3.63, 3.8) is 0 Å². The molecule has 0 fully saturated rings. The van der Waals surface area contributed by atoms with E-state index in [0.29, 0.717) is 13.2 Å². The molecule has 3 rings (SSSR count). The van der Waals surface area contributed by atoms with Crippen LogP contribution in [0.3, 0.4) is 0 Å².